The monoisotopic (exact) mass is 426 g/mol. The van der Waals surface area contributed by atoms with Gasteiger partial charge in [-0.2, -0.15) is 11.8 Å². The molecule has 3 aromatic carbocycles. The Hall–Kier alpha value is -3.11. The number of amides is 1. The first-order valence-electron chi connectivity index (χ1n) is 10.5. The van der Waals surface area contributed by atoms with E-state index < -0.39 is 0 Å². The highest BCUT2D eigenvalue weighted by Crippen LogP contribution is 2.31. The molecule has 3 nitrogen and oxygen atoms in total. The Bertz CT molecular complexity index is 1180. The molecule has 4 aromatic rings. The number of carbonyl (C=O) groups excluding carboxylic acids is 1. The fourth-order valence-corrected chi connectivity index (χ4v) is 4.30. The van der Waals surface area contributed by atoms with Gasteiger partial charge in [0.2, 0.25) is 0 Å². The Morgan fingerprint density at radius 1 is 0.935 bits per heavy atom. The summed E-state index contributed by atoms with van der Waals surface area (Å²) in [6.45, 7) is 2.02. The van der Waals surface area contributed by atoms with Crippen LogP contribution in [-0.2, 0) is 6.42 Å². The lowest BCUT2D eigenvalue weighted by molar-refractivity contribution is 0.0940. The highest BCUT2D eigenvalue weighted by molar-refractivity contribution is 7.98. The number of aromatic nitrogens is 1. The molecule has 0 aliphatic heterocycles. The Morgan fingerprint density at radius 3 is 2.29 bits per heavy atom. The van der Waals surface area contributed by atoms with E-state index >= 15 is 0 Å². The summed E-state index contributed by atoms with van der Waals surface area (Å²) in [4.78, 5) is 18.7. The molecule has 1 heterocycles. The van der Waals surface area contributed by atoms with E-state index in [1.165, 1.54) is 0 Å². The van der Waals surface area contributed by atoms with E-state index in [4.69, 9.17) is 4.98 Å². The maximum absolute atomic E-state index is 13.7. The number of nitrogens with zero attached hydrogens (tertiary/aromatic N) is 1. The fourth-order valence-electron chi connectivity index (χ4n) is 3.89. The average molecular weight is 427 g/mol. The second kappa shape index (κ2) is 9.80. The molecule has 4 heteroatoms. The summed E-state index contributed by atoms with van der Waals surface area (Å²) in [6.07, 6.45) is 2.87. The van der Waals surface area contributed by atoms with Crippen LogP contribution in [0.3, 0.4) is 0 Å². The van der Waals surface area contributed by atoms with Gasteiger partial charge in [-0.05, 0) is 42.5 Å². The molecular formula is C27H26N2OS. The number of rotatable bonds is 7. The lowest BCUT2D eigenvalue weighted by Crippen LogP contribution is -2.28. The van der Waals surface area contributed by atoms with Crippen molar-refractivity contribution in [2.24, 2.45) is 0 Å². The van der Waals surface area contributed by atoms with E-state index in [2.05, 4.69) is 23.7 Å². The number of hydrogen-bond donors (Lipinski definition) is 1. The van der Waals surface area contributed by atoms with E-state index in [0.29, 0.717) is 0 Å². The van der Waals surface area contributed by atoms with Crippen LogP contribution in [0.5, 0.6) is 0 Å². The van der Waals surface area contributed by atoms with Crippen LogP contribution in [0.15, 0.2) is 84.9 Å². The topological polar surface area (TPSA) is 42.0 Å². The Kier molecular flexibility index (Phi) is 6.68. The SMILES string of the molecule is CSCCc1c(-c2ccccc2)nc2ccccc2c1C(=O)NC(C)c1ccccc1. The largest absolute Gasteiger partial charge is 0.345 e. The van der Waals surface area contributed by atoms with Crippen molar-refractivity contribution in [3.8, 4) is 11.3 Å². The highest BCUT2D eigenvalue weighted by Gasteiger charge is 2.22. The van der Waals surface area contributed by atoms with Gasteiger partial charge in [0.05, 0.1) is 22.8 Å². The molecule has 1 unspecified atom stereocenters. The minimum absolute atomic E-state index is 0.0526. The van der Waals surface area contributed by atoms with Crippen LogP contribution in [0.4, 0.5) is 0 Å². The molecule has 0 saturated carbocycles. The van der Waals surface area contributed by atoms with Crippen LogP contribution in [-0.4, -0.2) is 22.9 Å². The van der Waals surface area contributed by atoms with Gasteiger partial charge in [0, 0.05) is 10.9 Å². The molecule has 0 radical (unpaired) electrons. The summed E-state index contributed by atoms with van der Waals surface area (Å²) in [5.41, 5.74) is 5.61. The van der Waals surface area contributed by atoms with Crippen molar-refractivity contribution in [3.63, 3.8) is 0 Å². The van der Waals surface area contributed by atoms with Gasteiger partial charge >= 0.3 is 0 Å². The third kappa shape index (κ3) is 4.64. The molecule has 4 rings (SSSR count). The molecule has 0 aliphatic carbocycles. The second-order valence-corrected chi connectivity index (χ2v) is 8.53. The third-order valence-corrected chi connectivity index (χ3v) is 6.08. The molecule has 1 N–H and O–H groups in total. The third-order valence-electron chi connectivity index (χ3n) is 5.47. The van der Waals surface area contributed by atoms with Crippen molar-refractivity contribution < 1.29 is 4.79 Å². The minimum Gasteiger partial charge on any atom is -0.345 e. The van der Waals surface area contributed by atoms with Gasteiger partial charge in [0.15, 0.2) is 0 Å². The molecule has 0 bridgehead atoms. The fraction of sp³-hybridized carbons (Fsp3) is 0.185. The van der Waals surface area contributed by atoms with Crippen molar-refractivity contribution in [2.75, 3.05) is 12.0 Å². The predicted octanol–water partition coefficient (Wildman–Crippen LogP) is 6.30. The van der Waals surface area contributed by atoms with Crippen LogP contribution in [0.2, 0.25) is 0 Å². The van der Waals surface area contributed by atoms with Gasteiger partial charge < -0.3 is 5.32 Å². The number of pyridine rings is 1. The van der Waals surface area contributed by atoms with E-state index in [0.717, 1.165) is 51.0 Å². The first-order valence-corrected chi connectivity index (χ1v) is 11.9. The smallest absolute Gasteiger partial charge is 0.252 e. The van der Waals surface area contributed by atoms with Gasteiger partial charge in [-0.25, -0.2) is 4.98 Å². The number of para-hydroxylation sites is 1. The molecule has 0 spiro atoms. The normalized spacial score (nSPS) is 11.9. The van der Waals surface area contributed by atoms with Gasteiger partial charge in [0.1, 0.15) is 0 Å². The zero-order chi connectivity index (χ0) is 21.6. The van der Waals surface area contributed by atoms with E-state index in [1.54, 1.807) is 11.8 Å². The summed E-state index contributed by atoms with van der Waals surface area (Å²) >= 11 is 1.78. The number of benzene rings is 3. The van der Waals surface area contributed by atoms with Crippen LogP contribution in [0.1, 0.15) is 34.5 Å². The summed E-state index contributed by atoms with van der Waals surface area (Å²) in [5, 5.41) is 4.13. The van der Waals surface area contributed by atoms with Crippen molar-refractivity contribution in [3.05, 3.63) is 102 Å². The first kappa shape index (κ1) is 21.1. The standard InChI is InChI=1S/C27H26N2OS/c1-19(20-11-5-3-6-12-20)28-27(30)25-22-15-9-10-16-24(22)29-26(23(25)17-18-31-2)21-13-7-4-8-14-21/h3-16,19H,17-18H2,1-2H3,(H,28,30). The number of thioether (sulfide) groups is 1. The van der Waals surface area contributed by atoms with Gasteiger partial charge in [-0.15, -0.1) is 0 Å². The molecular weight excluding hydrogens is 400 g/mol. The number of carbonyl (C=O) groups is 1. The van der Waals surface area contributed by atoms with E-state index in [-0.39, 0.29) is 11.9 Å². The van der Waals surface area contributed by atoms with Gasteiger partial charge in [-0.3, -0.25) is 4.79 Å². The Balaban J connectivity index is 1.86. The lowest BCUT2D eigenvalue weighted by atomic mass is 9.94. The predicted molar refractivity (Wildman–Crippen MR) is 132 cm³/mol. The average Bonchev–Trinajstić information content (AvgIpc) is 2.82. The summed E-state index contributed by atoms with van der Waals surface area (Å²) < 4.78 is 0. The molecule has 1 amide bonds. The molecule has 1 atom stereocenters. The van der Waals surface area contributed by atoms with Crippen molar-refractivity contribution in [1.29, 1.82) is 0 Å². The van der Waals surface area contributed by atoms with Crippen molar-refractivity contribution in [2.45, 2.75) is 19.4 Å². The quantitative estimate of drug-likeness (QED) is 0.377. The number of hydrogen-bond acceptors (Lipinski definition) is 3. The van der Waals surface area contributed by atoms with Crippen LogP contribution < -0.4 is 5.32 Å². The second-order valence-electron chi connectivity index (χ2n) is 7.55. The van der Waals surface area contributed by atoms with Crippen molar-refractivity contribution in [1.82, 2.24) is 10.3 Å². The van der Waals surface area contributed by atoms with Crippen molar-refractivity contribution >= 4 is 28.6 Å². The zero-order valence-corrected chi connectivity index (χ0v) is 18.7. The molecule has 31 heavy (non-hydrogen) atoms. The molecule has 0 fully saturated rings. The maximum Gasteiger partial charge on any atom is 0.252 e. The Labute approximate surface area is 187 Å². The minimum atomic E-state index is -0.0887. The summed E-state index contributed by atoms with van der Waals surface area (Å²) in [7, 11) is 0. The number of fused-ring (bicyclic) bond motifs is 1. The first-order chi connectivity index (χ1) is 15.2. The highest BCUT2D eigenvalue weighted by atomic mass is 32.2. The van der Waals surface area contributed by atoms with Crippen LogP contribution >= 0.6 is 11.8 Å². The Morgan fingerprint density at radius 2 is 1.58 bits per heavy atom. The molecule has 0 saturated heterocycles. The van der Waals surface area contributed by atoms with E-state index in [9.17, 15) is 4.79 Å². The molecule has 156 valence electrons. The molecule has 0 aliphatic rings. The summed E-state index contributed by atoms with van der Waals surface area (Å²) in [6, 6.07) is 28.1. The summed E-state index contributed by atoms with van der Waals surface area (Å²) in [5.74, 6) is 0.872. The zero-order valence-electron chi connectivity index (χ0n) is 17.8. The number of nitrogens with one attached hydrogen (secondary N) is 1. The maximum atomic E-state index is 13.7. The van der Waals surface area contributed by atoms with Crippen LogP contribution in [0.25, 0.3) is 22.2 Å². The van der Waals surface area contributed by atoms with Gasteiger partial charge in [-0.1, -0.05) is 78.9 Å². The molecule has 1 aromatic heterocycles. The van der Waals surface area contributed by atoms with Crippen LogP contribution in [0, 0.1) is 0 Å². The van der Waals surface area contributed by atoms with Gasteiger partial charge in [0.25, 0.3) is 5.91 Å². The van der Waals surface area contributed by atoms with E-state index in [1.807, 2.05) is 79.7 Å². The lowest BCUT2D eigenvalue weighted by Gasteiger charge is -2.20.